The molecule has 0 spiro atoms. The lowest BCUT2D eigenvalue weighted by molar-refractivity contribution is 0.0815. The summed E-state index contributed by atoms with van der Waals surface area (Å²) in [5, 5.41) is 8.64. The monoisotopic (exact) mass is 346 g/mol. The molecule has 0 aliphatic carbocycles. The Hall–Kier alpha value is -2.28. The van der Waals surface area contributed by atoms with Crippen LogP contribution < -0.4 is 14.4 Å². The van der Waals surface area contributed by atoms with Gasteiger partial charge in [0.05, 0.1) is 12.7 Å². The van der Waals surface area contributed by atoms with Gasteiger partial charge < -0.3 is 19.1 Å². The van der Waals surface area contributed by atoms with Crippen LogP contribution in [-0.2, 0) is 18.4 Å². The summed E-state index contributed by atoms with van der Waals surface area (Å²) >= 11 is 0. The third-order valence-corrected chi connectivity index (χ3v) is 4.51. The highest BCUT2D eigenvalue weighted by Crippen LogP contribution is 2.27. The number of piperidine rings is 1. The van der Waals surface area contributed by atoms with Crippen molar-refractivity contribution in [2.24, 2.45) is 7.05 Å². The van der Waals surface area contributed by atoms with Crippen LogP contribution in [0.15, 0.2) is 24.3 Å². The molecule has 0 bridgehead atoms. The number of rotatable bonds is 7. The Kier molecular flexibility index (Phi) is 5.75. The van der Waals surface area contributed by atoms with Gasteiger partial charge in [-0.15, -0.1) is 10.2 Å². The fourth-order valence-corrected chi connectivity index (χ4v) is 3.03. The molecule has 0 radical (unpaired) electrons. The summed E-state index contributed by atoms with van der Waals surface area (Å²) in [5.74, 6) is 3.13. The van der Waals surface area contributed by atoms with E-state index in [1.165, 1.54) is 0 Å². The molecule has 0 amide bonds. The molecule has 2 aromatic rings. The van der Waals surface area contributed by atoms with Gasteiger partial charge in [-0.2, -0.15) is 0 Å². The highest BCUT2D eigenvalue weighted by molar-refractivity contribution is 5.39. The van der Waals surface area contributed by atoms with E-state index in [4.69, 9.17) is 14.2 Å². The Balaban J connectivity index is 1.64. The summed E-state index contributed by atoms with van der Waals surface area (Å²) in [5.41, 5.74) is 0. The van der Waals surface area contributed by atoms with E-state index >= 15 is 0 Å². The first-order valence-corrected chi connectivity index (χ1v) is 8.73. The van der Waals surface area contributed by atoms with Crippen molar-refractivity contribution < 1.29 is 14.2 Å². The Morgan fingerprint density at radius 1 is 1.08 bits per heavy atom. The van der Waals surface area contributed by atoms with Crippen LogP contribution in [0, 0.1) is 0 Å². The molecule has 0 saturated carbocycles. The third kappa shape index (κ3) is 4.04. The zero-order chi connectivity index (χ0) is 17.6. The maximum atomic E-state index is 5.90. The number of para-hydroxylation sites is 2. The predicted molar refractivity (Wildman–Crippen MR) is 95.2 cm³/mol. The number of anilines is 1. The minimum absolute atomic E-state index is 0.349. The molecule has 7 heteroatoms. The molecule has 1 aliphatic heterocycles. The molecular formula is C18H26N4O3. The number of benzene rings is 1. The molecule has 1 saturated heterocycles. The first kappa shape index (κ1) is 17.5. The zero-order valence-corrected chi connectivity index (χ0v) is 15.1. The number of methoxy groups -OCH3 is 1. The quantitative estimate of drug-likeness (QED) is 0.767. The van der Waals surface area contributed by atoms with E-state index in [0.29, 0.717) is 19.3 Å². The van der Waals surface area contributed by atoms with E-state index in [0.717, 1.165) is 49.2 Å². The molecule has 2 heterocycles. The smallest absolute Gasteiger partial charge is 0.227 e. The maximum Gasteiger partial charge on any atom is 0.227 e. The van der Waals surface area contributed by atoms with Crippen LogP contribution >= 0.6 is 0 Å². The van der Waals surface area contributed by atoms with Crippen molar-refractivity contribution in [1.29, 1.82) is 0 Å². The highest BCUT2D eigenvalue weighted by Gasteiger charge is 2.23. The SMILES string of the molecule is CCOc1ccccc1OCc1nnc(N2CCC(OC)CC2)n1C. The molecule has 3 rings (SSSR count). The first-order valence-electron chi connectivity index (χ1n) is 8.73. The summed E-state index contributed by atoms with van der Waals surface area (Å²) in [4.78, 5) is 2.25. The van der Waals surface area contributed by atoms with Crippen LogP contribution in [-0.4, -0.2) is 47.7 Å². The van der Waals surface area contributed by atoms with E-state index in [9.17, 15) is 0 Å². The van der Waals surface area contributed by atoms with Crippen molar-refractivity contribution in [2.45, 2.75) is 32.5 Å². The molecule has 1 aromatic carbocycles. The largest absolute Gasteiger partial charge is 0.490 e. The van der Waals surface area contributed by atoms with E-state index in [1.807, 2.05) is 42.8 Å². The summed E-state index contributed by atoms with van der Waals surface area (Å²) in [6.45, 7) is 4.77. The second kappa shape index (κ2) is 8.20. The van der Waals surface area contributed by atoms with Crippen molar-refractivity contribution in [3.8, 4) is 11.5 Å². The number of ether oxygens (including phenoxy) is 3. The van der Waals surface area contributed by atoms with Crippen molar-refractivity contribution in [2.75, 3.05) is 31.7 Å². The van der Waals surface area contributed by atoms with Crippen LogP contribution in [0.3, 0.4) is 0 Å². The first-order chi connectivity index (χ1) is 12.2. The van der Waals surface area contributed by atoms with Gasteiger partial charge in [-0.3, -0.25) is 4.57 Å². The lowest BCUT2D eigenvalue weighted by Gasteiger charge is -2.31. The van der Waals surface area contributed by atoms with Crippen molar-refractivity contribution in [3.63, 3.8) is 0 Å². The van der Waals surface area contributed by atoms with Crippen molar-refractivity contribution in [3.05, 3.63) is 30.1 Å². The minimum Gasteiger partial charge on any atom is -0.490 e. The van der Waals surface area contributed by atoms with Gasteiger partial charge in [0.2, 0.25) is 5.95 Å². The Morgan fingerprint density at radius 2 is 1.76 bits per heavy atom. The average Bonchev–Trinajstić information content (AvgIpc) is 3.02. The molecule has 1 fully saturated rings. The highest BCUT2D eigenvalue weighted by atomic mass is 16.5. The Morgan fingerprint density at radius 3 is 2.40 bits per heavy atom. The molecule has 1 aliphatic rings. The second-order valence-electron chi connectivity index (χ2n) is 6.07. The van der Waals surface area contributed by atoms with E-state index in [2.05, 4.69) is 15.1 Å². The summed E-state index contributed by atoms with van der Waals surface area (Å²) in [7, 11) is 3.75. The summed E-state index contributed by atoms with van der Waals surface area (Å²) in [6.07, 6.45) is 2.37. The topological polar surface area (TPSA) is 61.6 Å². The molecule has 0 N–H and O–H groups in total. The Labute approximate surface area is 148 Å². The lowest BCUT2D eigenvalue weighted by Crippen LogP contribution is -2.38. The van der Waals surface area contributed by atoms with E-state index in [-0.39, 0.29) is 0 Å². The predicted octanol–water partition coefficient (Wildman–Crippen LogP) is 2.41. The van der Waals surface area contributed by atoms with Gasteiger partial charge in [-0.1, -0.05) is 12.1 Å². The molecule has 136 valence electrons. The van der Waals surface area contributed by atoms with Crippen LogP contribution in [0.5, 0.6) is 11.5 Å². The van der Waals surface area contributed by atoms with Gasteiger partial charge in [0.15, 0.2) is 17.3 Å². The summed E-state index contributed by atoms with van der Waals surface area (Å²) in [6, 6.07) is 7.67. The fourth-order valence-electron chi connectivity index (χ4n) is 3.03. The van der Waals surface area contributed by atoms with Gasteiger partial charge in [0.1, 0.15) is 6.61 Å². The molecule has 0 atom stereocenters. The van der Waals surface area contributed by atoms with Gasteiger partial charge in [0.25, 0.3) is 0 Å². The Bertz CT molecular complexity index is 681. The minimum atomic E-state index is 0.349. The second-order valence-corrected chi connectivity index (χ2v) is 6.07. The standard InChI is InChI=1S/C18H26N4O3/c1-4-24-15-7-5-6-8-16(15)25-13-17-19-20-18(21(17)2)22-11-9-14(23-3)10-12-22/h5-8,14H,4,9-13H2,1-3H3. The zero-order valence-electron chi connectivity index (χ0n) is 15.1. The van der Waals surface area contributed by atoms with Crippen LogP contribution in [0.2, 0.25) is 0 Å². The van der Waals surface area contributed by atoms with E-state index in [1.54, 1.807) is 7.11 Å². The van der Waals surface area contributed by atoms with Crippen LogP contribution in [0.4, 0.5) is 5.95 Å². The normalized spacial score (nSPS) is 15.4. The molecular weight excluding hydrogens is 320 g/mol. The van der Waals surface area contributed by atoms with Crippen LogP contribution in [0.1, 0.15) is 25.6 Å². The van der Waals surface area contributed by atoms with Crippen molar-refractivity contribution in [1.82, 2.24) is 14.8 Å². The van der Waals surface area contributed by atoms with Gasteiger partial charge in [0, 0.05) is 27.2 Å². The molecule has 0 unspecified atom stereocenters. The lowest BCUT2D eigenvalue weighted by atomic mass is 10.1. The maximum absolute atomic E-state index is 5.90. The number of hydrogen-bond acceptors (Lipinski definition) is 6. The third-order valence-electron chi connectivity index (χ3n) is 4.51. The summed E-state index contributed by atoms with van der Waals surface area (Å²) < 4.78 is 18.9. The fraction of sp³-hybridized carbons (Fsp3) is 0.556. The number of aromatic nitrogens is 3. The van der Waals surface area contributed by atoms with E-state index < -0.39 is 0 Å². The molecule has 1 aromatic heterocycles. The van der Waals surface area contributed by atoms with Gasteiger partial charge in [-0.25, -0.2) is 0 Å². The van der Waals surface area contributed by atoms with Gasteiger partial charge in [-0.05, 0) is 31.9 Å². The van der Waals surface area contributed by atoms with Crippen LogP contribution in [0.25, 0.3) is 0 Å². The average molecular weight is 346 g/mol. The number of hydrogen-bond donors (Lipinski definition) is 0. The van der Waals surface area contributed by atoms with Gasteiger partial charge >= 0.3 is 0 Å². The molecule has 25 heavy (non-hydrogen) atoms. The van der Waals surface area contributed by atoms with Crippen molar-refractivity contribution >= 4 is 5.95 Å². The number of nitrogens with zero attached hydrogens (tertiary/aromatic N) is 4. The molecule has 7 nitrogen and oxygen atoms in total.